The molecule has 0 spiro atoms. The zero-order valence-electron chi connectivity index (χ0n) is 5.22. The first-order valence-corrected chi connectivity index (χ1v) is 2.35. The molecule has 0 heterocycles. The summed E-state index contributed by atoms with van der Waals surface area (Å²) in [5.74, 6) is -0.148. The van der Waals surface area contributed by atoms with Crippen LogP contribution in [0.4, 0.5) is 0 Å². The Labute approximate surface area is 49.5 Å². The highest BCUT2D eigenvalue weighted by atomic mass is 16.2. The standard InChI is InChI=1S/C5H11N2O/c1-4(6)5(8)7(2)3/h4H,1,6H2,2-3H3. The lowest BCUT2D eigenvalue weighted by atomic mass is 10.3. The zero-order valence-corrected chi connectivity index (χ0v) is 5.22. The molecule has 0 aliphatic heterocycles. The molecule has 0 saturated heterocycles. The third kappa shape index (κ3) is 1.93. The average Bonchev–Trinajstić information content (AvgIpc) is 1.64. The van der Waals surface area contributed by atoms with Crippen LogP contribution in [0.3, 0.4) is 0 Å². The van der Waals surface area contributed by atoms with Gasteiger partial charge < -0.3 is 10.6 Å². The van der Waals surface area contributed by atoms with Gasteiger partial charge in [0.15, 0.2) is 0 Å². The van der Waals surface area contributed by atoms with Crippen molar-refractivity contribution in [2.75, 3.05) is 14.1 Å². The fourth-order valence-electron chi connectivity index (χ4n) is 0.332. The SMILES string of the molecule is [CH2]C(N)C(=O)N(C)C. The van der Waals surface area contributed by atoms with Crippen LogP contribution in [0, 0.1) is 6.92 Å². The third-order valence-corrected chi connectivity index (χ3v) is 0.758. The van der Waals surface area contributed by atoms with Gasteiger partial charge in [-0.15, -0.1) is 0 Å². The van der Waals surface area contributed by atoms with E-state index in [1.165, 1.54) is 4.90 Å². The molecule has 1 atom stereocenters. The maximum Gasteiger partial charge on any atom is 0.238 e. The van der Waals surface area contributed by atoms with Gasteiger partial charge in [-0.1, -0.05) is 0 Å². The molecule has 0 aromatic carbocycles. The van der Waals surface area contributed by atoms with Crippen molar-refractivity contribution in [1.82, 2.24) is 4.90 Å². The summed E-state index contributed by atoms with van der Waals surface area (Å²) in [5, 5.41) is 0. The summed E-state index contributed by atoms with van der Waals surface area (Å²) >= 11 is 0. The topological polar surface area (TPSA) is 46.3 Å². The van der Waals surface area contributed by atoms with E-state index in [2.05, 4.69) is 6.92 Å². The number of likely N-dealkylation sites (N-methyl/N-ethyl adjacent to an activating group) is 1. The van der Waals surface area contributed by atoms with Gasteiger partial charge in [-0.05, 0) is 6.92 Å². The van der Waals surface area contributed by atoms with E-state index in [1.54, 1.807) is 14.1 Å². The Morgan fingerprint density at radius 1 is 1.75 bits per heavy atom. The van der Waals surface area contributed by atoms with Gasteiger partial charge in [-0.25, -0.2) is 0 Å². The first-order valence-electron chi connectivity index (χ1n) is 2.35. The molecule has 1 amide bonds. The Kier molecular flexibility index (Phi) is 2.48. The van der Waals surface area contributed by atoms with E-state index in [0.717, 1.165) is 0 Å². The molecule has 0 fully saturated rings. The summed E-state index contributed by atoms with van der Waals surface area (Å²) < 4.78 is 0. The van der Waals surface area contributed by atoms with Crippen LogP contribution < -0.4 is 5.73 Å². The highest BCUT2D eigenvalue weighted by Crippen LogP contribution is 1.81. The molecule has 2 N–H and O–H groups in total. The molecular formula is C5H11N2O. The van der Waals surface area contributed by atoms with Crippen molar-refractivity contribution < 1.29 is 4.79 Å². The van der Waals surface area contributed by atoms with E-state index in [0.29, 0.717) is 0 Å². The molecule has 8 heavy (non-hydrogen) atoms. The van der Waals surface area contributed by atoms with Gasteiger partial charge in [0.05, 0.1) is 6.04 Å². The zero-order chi connectivity index (χ0) is 6.73. The van der Waals surface area contributed by atoms with Crippen LogP contribution in [0.15, 0.2) is 0 Å². The summed E-state index contributed by atoms with van der Waals surface area (Å²) in [6, 6.07) is -0.620. The lowest BCUT2D eigenvalue weighted by Gasteiger charge is -2.11. The number of hydrogen-bond donors (Lipinski definition) is 1. The molecule has 0 aliphatic carbocycles. The molecule has 0 saturated carbocycles. The van der Waals surface area contributed by atoms with E-state index in [9.17, 15) is 4.79 Å². The van der Waals surface area contributed by atoms with Crippen LogP contribution in [0.5, 0.6) is 0 Å². The van der Waals surface area contributed by atoms with Crippen molar-refractivity contribution in [3.05, 3.63) is 6.92 Å². The van der Waals surface area contributed by atoms with Crippen LogP contribution in [0.1, 0.15) is 0 Å². The average molecular weight is 115 g/mol. The minimum atomic E-state index is -0.620. The van der Waals surface area contributed by atoms with Gasteiger partial charge in [0.2, 0.25) is 5.91 Å². The highest BCUT2D eigenvalue weighted by molar-refractivity contribution is 5.81. The van der Waals surface area contributed by atoms with Crippen LogP contribution in [0.2, 0.25) is 0 Å². The van der Waals surface area contributed by atoms with Crippen molar-refractivity contribution in [2.24, 2.45) is 5.73 Å². The number of amides is 1. The van der Waals surface area contributed by atoms with Gasteiger partial charge in [-0.2, -0.15) is 0 Å². The highest BCUT2D eigenvalue weighted by Gasteiger charge is 2.07. The van der Waals surface area contributed by atoms with Crippen LogP contribution >= 0.6 is 0 Å². The monoisotopic (exact) mass is 115 g/mol. The molecule has 47 valence electrons. The molecule has 1 unspecified atom stereocenters. The van der Waals surface area contributed by atoms with Crippen LogP contribution in [-0.4, -0.2) is 30.9 Å². The van der Waals surface area contributed by atoms with E-state index < -0.39 is 6.04 Å². The summed E-state index contributed by atoms with van der Waals surface area (Å²) in [5.41, 5.74) is 5.13. The Balaban J connectivity index is 3.65. The summed E-state index contributed by atoms with van der Waals surface area (Å²) in [7, 11) is 3.29. The van der Waals surface area contributed by atoms with Crippen LogP contribution in [0.25, 0.3) is 0 Å². The number of carbonyl (C=O) groups excluding carboxylic acids is 1. The fourth-order valence-corrected chi connectivity index (χ4v) is 0.332. The first-order chi connectivity index (χ1) is 3.55. The van der Waals surface area contributed by atoms with Gasteiger partial charge in [-0.3, -0.25) is 4.79 Å². The number of rotatable bonds is 1. The molecule has 3 heteroatoms. The Morgan fingerprint density at radius 2 is 2.12 bits per heavy atom. The third-order valence-electron chi connectivity index (χ3n) is 0.758. The lowest BCUT2D eigenvalue weighted by molar-refractivity contribution is -0.129. The van der Waals surface area contributed by atoms with Crippen molar-refractivity contribution in [1.29, 1.82) is 0 Å². The largest absolute Gasteiger partial charge is 0.347 e. The molecule has 1 radical (unpaired) electrons. The minimum Gasteiger partial charge on any atom is -0.347 e. The molecular weight excluding hydrogens is 104 g/mol. The second-order valence-electron chi connectivity index (χ2n) is 1.84. The Hall–Kier alpha value is -0.570. The second kappa shape index (κ2) is 2.67. The quantitative estimate of drug-likeness (QED) is 0.488. The second-order valence-corrected chi connectivity index (χ2v) is 1.84. The van der Waals surface area contributed by atoms with E-state index in [1.807, 2.05) is 0 Å². The van der Waals surface area contributed by atoms with E-state index >= 15 is 0 Å². The number of nitrogens with zero attached hydrogens (tertiary/aromatic N) is 1. The predicted molar refractivity (Wildman–Crippen MR) is 32.0 cm³/mol. The molecule has 0 aliphatic rings. The maximum atomic E-state index is 10.6. The smallest absolute Gasteiger partial charge is 0.238 e. The molecule has 0 bridgehead atoms. The Morgan fingerprint density at radius 3 is 2.12 bits per heavy atom. The normalized spacial score (nSPS) is 13.0. The van der Waals surface area contributed by atoms with Gasteiger partial charge >= 0.3 is 0 Å². The van der Waals surface area contributed by atoms with Gasteiger partial charge in [0.1, 0.15) is 0 Å². The summed E-state index contributed by atoms with van der Waals surface area (Å²) in [6.45, 7) is 3.35. The van der Waals surface area contributed by atoms with E-state index in [4.69, 9.17) is 5.73 Å². The lowest BCUT2D eigenvalue weighted by Crippen LogP contribution is -2.37. The van der Waals surface area contributed by atoms with Gasteiger partial charge in [0, 0.05) is 14.1 Å². The maximum absolute atomic E-state index is 10.6. The van der Waals surface area contributed by atoms with Crippen molar-refractivity contribution in [3.8, 4) is 0 Å². The Bertz CT molecular complexity index is 78.4. The number of carbonyl (C=O) groups is 1. The minimum absolute atomic E-state index is 0.148. The predicted octanol–water partition coefficient (Wildman–Crippen LogP) is -0.764. The van der Waals surface area contributed by atoms with Crippen molar-refractivity contribution in [2.45, 2.75) is 6.04 Å². The van der Waals surface area contributed by atoms with E-state index in [-0.39, 0.29) is 5.91 Å². The van der Waals surface area contributed by atoms with Crippen molar-refractivity contribution in [3.63, 3.8) is 0 Å². The molecule has 3 nitrogen and oxygen atoms in total. The number of hydrogen-bond acceptors (Lipinski definition) is 2. The fraction of sp³-hybridized carbons (Fsp3) is 0.600. The van der Waals surface area contributed by atoms with Crippen molar-refractivity contribution >= 4 is 5.91 Å². The summed E-state index contributed by atoms with van der Waals surface area (Å²) in [6.07, 6.45) is 0. The molecule has 0 aromatic rings. The van der Waals surface area contributed by atoms with Gasteiger partial charge in [0.25, 0.3) is 0 Å². The summed E-state index contributed by atoms with van der Waals surface area (Å²) in [4.78, 5) is 12.0. The molecule has 0 rings (SSSR count). The first kappa shape index (κ1) is 7.43. The molecule has 0 aromatic heterocycles. The number of nitrogens with two attached hydrogens (primary N) is 1. The van der Waals surface area contributed by atoms with Crippen LogP contribution in [-0.2, 0) is 4.79 Å².